The molecule has 0 aliphatic carbocycles. The summed E-state index contributed by atoms with van der Waals surface area (Å²) >= 11 is 0. The van der Waals surface area contributed by atoms with Gasteiger partial charge < -0.3 is 14.9 Å². The molecule has 1 aromatic heterocycles. The van der Waals surface area contributed by atoms with Gasteiger partial charge in [-0.05, 0) is 42.7 Å². The zero-order valence-corrected chi connectivity index (χ0v) is 17.6. The number of benzene rings is 2. The molecule has 0 atom stereocenters. The lowest BCUT2D eigenvalue weighted by Crippen LogP contribution is -2.49. The first-order valence-corrected chi connectivity index (χ1v) is 10.7. The number of phenols is 1. The Kier molecular flexibility index (Phi) is 5.84. The van der Waals surface area contributed by atoms with Crippen LogP contribution in [0.4, 0.5) is 5.82 Å². The number of fused-ring (bicyclic) bond motifs is 1. The van der Waals surface area contributed by atoms with E-state index in [0.717, 1.165) is 42.7 Å². The smallest absolute Gasteiger partial charge is 0.222 e. The maximum atomic E-state index is 12.3. The molecule has 0 saturated carbocycles. The van der Waals surface area contributed by atoms with Crippen LogP contribution in [0.5, 0.6) is 5.75 Å². The highest BCUT2D eigenvalue weighted by molar-refractivity contribution is 5.92. The Balaban J connectivity index is 1.73. The number of aryl methyl sites for hydroxylation is 1. The van der Waals surface area contributed by atoms with Gasteiger partial charge in [0.1, 0.15) is 11.6 Å². The van der Waals surface area contributed by atoms with Crippen molar-refractivity contribution < 1.29 is 9.90 Å². The highest BCUT2D eigenvalue weighted by Crippen LogP contribution is 2.32. The van der Waals surface area contributed by atoms with Gasteiger partial charge in [-0.3, -0.25) is 4.79 Å². The molecule has 1 fully saturated rings. The zero-order chi connectivity index (χ0) is 21.1. The number of phenolic OH excluding ortho intramolecular Hbond substituents is 1. The fourth-order valence-corrected chi connectivity index (χ4v) is 3.94. The molecule has 6 heteroatoms. The normalized spacial score (nSPS) is 14.3. The van der Waals surface area contributed by atoms with E-state index < -0.39 is 0 Å². The molecule has 1 aliphatic rings. The molecule has 2 aromatic carbocycles. The molecule has 0 spiro atoms. The maximum absolute atomic E-state index is 12.3. The van der Waals surface area contributed by atoms with Crippen LogP contribution in [0.3, 0.4) is 0 Å². The lowest BCUT2D eigenvalue weighted by atomic mass is 10.1. The number of amides is 1. The van der Waals surface area contributed by atoms with E-state index in [2.05, 4.69) is 30.0 Å². The van der Waals surface area contributed by atoms with E-state index in [0.29, 0.717) is 30.9 Å². The van der Waals surface area contributed by atoms with Crippen LogP contribution < -0.4 is 4.90 Å². The zero-order valence-electron chi connectivity index (χ0n) is 17.6. The van der Waals surface area contributed by atoms with E-state index in [1.54, 1.807) is 12.1 Å². The Morgan fingerprint density at radius 3 is 2.50 bits per heavy atom. The fraction of sp³-hybridized carbons (Fsp3) is 0.375. The second-order valence-corrected chi connectivity index (χ2v) is 7.71. The van der Waals surface area contributed by atoms with Crippen LogP contribution in [0, 0.1) is 0 Å². The van der Waals surface area contributed by atoms with Crippen LogP contribution >= 0.6 is 0 Å². The predicted molar refractivity (Wildman–Crippen MR) is 120 cm³/mol. The summed E-state index contributed by atoms with van der Waals surface area (Å²) in [6, 6.07) is 13.5. The Hall–Kier alpha value is -3.15. The van der Waals surface area contributed by atoms with E-state index in [1.165, 1.54) is 5.56 Å². The second-order valence-electron chi connectivity index (χ2n) is 7.71. The minimum Gasteiger partial charge on any atom is -0.507 e. The molecule has 156 valence electrons. The van der Waals surface area contributed by atoms with Crippen molar-refractivity contribution in [2.24, 2.45) is 0 Å². The molecule has 1 amide bonds. The van der Waals surface area contributed by atoms with Gasteiger partial charge in [-0.1, -0.05) is 32.0 Å². The maximum Gasteiger partial charge on any atom is 0.222 e. The van der Waals surface area contributed by atoms with Crippen molar-refractivity contribution in [3.05, 3.63) is 48.0 Å². The van der Waals surface area contributed by atoms with E-state index >= 15 is 0 Å². The molecule has 1 aliphatic heterocycles. The standard InChI is InChI=1S/C24H28N4O2/c1-3-7-22(30)27-12-14-28(15-13-27)24-18-11-10-17(4-2)16-20(18)25-23(26-24)19-8-5-6-9-21(19)29/h5-6,8-11,16,29H,3-4,7,12-15H2,1-2H3. The highest BCUT2D eigenvalue weighted by atomic mass is 16.3. The van der Waals surface area contributed by atoms with Gasteiger partial charge in [-0.2, -0.15) is 0 Å². The average Bonchev–Trinajstić information content (AvgIpc) is 2.78. The number of nitrogens with zero attached hydrogens (tertiary/aromatic N) is 4. The molecular formula is C24H28N4O2. The van der Waals surface area contributed by atoms with Gasteiger partial charge in [0.05, 0.1) is 11.1 Å². The average molecular weight is 405 g/mol. The van der Waals surface area contributed by atoms with Crippen molar-refractivity contribution in [3.63, 3.8) is 0 Å². The van der Waals surface area contributed by atoms with E-state index in [1.807, 2.05) is 24.0 Å². The van der Waals surface area contributed by atoms with Crippen molar-refractivity contribution in [3.8, 4) is 17.1 Å². The monoisotopic (exact) mass is 404 g/mol. The van der Waals surface area contributed by atoms with Crippen LogP contribution in [-0.4, -0.2) is 52.1 Å². The van der Waals surface area contributed by atoms with Crippen molar-refractivity contribution in [2.45, 2.75) is 33.1 Å². The topological polar surface area (TPSA) is 69.6 Å². The first-order chi connectivity index (χ1) is 14.6. The molecular weight excluding hydrogens is 376 g/mol. The minimum absolute atomic E-state index is 0.171. The van der Waals surface area contributed by atoms with Gasteiger partial charge in [0.2, 0.25) is 5.91 Å². The van der Waals surface area contributed by atoms with Crippen molar-refractivity contribution in [2.75, 3.05) is 31.1 Å². The Morgan fingerprint density at radius 2 is 1.80 bits per heavy atom. The third-order valence-electron chi connectivity index (χ3n) is 5.69. The van der Waals surface area contributed by atoms with E-state index in [9.17, 15) is 9.90 Å². The van der Waals surface area contributed by atoms with Crippen LogP contribution in [0.1, 0.15) is 32.3 Å². The Morgan fingerprint density at radius 1 is 1.03 bits per heavy atom. The van der Waals surface area contributed by atoms with E-state index in [4.69, 9.17) is 9.97 Å². The number of carbonyl (C=O) groups excluding carboxylic acids is 1. The van der Waals surface area contributed by atoms with Gasteiger partial charge in [0, 0.05) is 38.0 Å². The summed E-state index contributed by atoms with van der Waals surface area (Å²) in [6.07, 6.45) is 2.41. The molecule has 3 aromatic rings. The van der Waals surface area contributed by atoms with Gasteiger partial charge in [-0.25, -0.2) is 9.97 Å². The number of hydrogen-bond donors (Lipinski definition) is 1. The summed E-state index contributed by atoms with van der Waals surface area (Å²) in [7, 11) is 0. The van der Waals surface area contributed by atoms with Gasteiger partial charge >= 0.3 is 0 Å². The first-order valence-electron chi connectivity index (χ1n) is 10.7. The van der Waals surface area contributed by atoms with E-state index in [-0.39, 0.29) is 11.7 Å². The van der Waals surface area contributed by atoms with Crippen LogP contribution in [-0.2, 0) is 11.2 Å². The quantitative estimate of drug-likeness (QED) is 0.696. The number of rotatable bonds is 5. The fourth-order valence-electron chi connectivity index (χ4n) is 3.94. The summed E-state index contributed by atoms with van der Waals surface area (Å²) in [5.41, 5.74) is 2.71. The highest BCUT2D eigenvalue weighted by Gasteiger charge is 2.24. The van der Waals surface area contributed by atoms with Crippen LogP contribution in [0.25, 0.3) is 22.3 Å². The summed E-state index contributed by atoms with van der Waals surface area (Å²) < 4.78 is 0. The third kappa shape index (κ3) is 3.95. The van der Waals surface area contributed by atoms with Crippen molar-refractivity contribution >= 4 is 22.6 Å². The third-order valence-corrected chi connectivity index (χ3v) is 5.69. The molecule has 30 heavy (non-hydrogen) atoms. The molecule has 1 N–H and O–H groups in total. The number of piperazine rings is 1. The van der Waals surface area contributed by atoms with Gasteiger partial charge in [0.25, 0.3) is 0 Å². The molecule has 0 radical (unpaired) electrons. The van der Waals surface area contributed by atoms with Gasteiger partial charge in [0.15, 0.2) is 5.82 Å². The Bertz CT molecular complexity index is 1060. The number of anilines is 1. The second kappa shape index (κ2) is 8.69. The first kappa shape index (κ1) is 20.1. The summed E-state index contributed by atoms with van der Waals surface area (Å²) in [5, 5.41) is 11.3. The summed E-state index contributed by atoms with van der Waals surface area (Å²) in [6.45, 7) is 7.02. The number of carbonyl (C=O) groups is 1. The van der Waals surface area contributed by atoms with Crippen molar-refractivity contribution in [1.29, 1.82) is 0 Å². The SMILES string of the molecule is CCCC(=O)N1CCN(c2nc(-c3ccccc3O)nc3cc(CC)ccc23)CC1. The number of aromatic hydroxyl groups is 1. The molecule has 1 saturated heterocycles. The van der Waals surface area contributed by atoms with Crippen LogP contribution in [0.2, 0.25) is 0 Å². The minimum atomic E-state index is 0.171. The van der Waals surface area contributed by atoms with Crippen LogP contribution in [0.15, 0.2) is 42.5 Å². The number of aromatic nitrogens is 2. The molecule has 6 nitrogen and oxygen atoms in total. The summed E-state index contributed by atoms with van der Waals surface area (Å²) in [5.74, 6) is 1.79. The lowest BCUT2D eigenvalue weighted by Gasteiger charge is -2.36. The molecule has 0 unspecified atom stereocenters. The van der Waals surface area contributed by atoms with Crippen molar-refractivity contribution in [1.82, 2.24) is 14.9 Å². The molecule has 4 rings (SSSR count). The predicted octanol–water partition coefficient (Wildman–Crippen LogP) is 4.01. The summed E-state index contributed by atoms with van der Waals surface area (Å²) in [4.78, 5) is 26.1. The Labute approximate surface area is 177 Å². The molecule has 2 heterocycles. The molecule has 0 bridgehead atoms. The lowest BCUT2D eigenvalue weighted by molar-refractivity contribution is -0.131. The number of para-hydroxylation sites is 1. The number of hydrogen-bond acceptors (Lipinski definition) is 5. The largest absolute Gasteiger partial charge is 0.507 e. The van der Waals surface area contributed by atoms with Gasteiger partial charge in [-0.15, -0.1) is 0 Å².